The second-order valence-corrected chi connectivity index (χ2v) is 12.2. The first kappa shape index (κ1) is 17.9. The number of carboxylic acid groups (broad SMARTS) is 1. The molecule has 3 rings (SSSR count). The van der Waals surface area contributed by atoms with Crippen LogP contribution in [-0.2, 0) is 9.22 Å². The summed E-state index contributed by atoms with van der Waals surface area (Å²) < 4.78 is 6.87. The number of aliphatic carboxylic acids is 1. The molecule has 25 heavy (non-hydrogen) atoms. The normalized spacial score (nSPS) is 20.8. The third-order valence-electron chi connectivity index (χ3n) is 5.20. The third kappa shape index (κ3) is 3.28. The SMILES string of the molecule is CC(C)(C)[Si](O[C@H]1C[C@H](C(=O)O)C1)(c1ccccc1)c1ccccc1. The predicted octanol–water partition coefficient (Wildman–Crippen LogP) is 3.43. The van der Waals surface area contributed by atoms with Crippen LogP contribution in [0.1, 0.15) is 33.6 Å². The molecular weight excluding hydrogens is 328 g/mol. The zero-order valence-electron chi connectivity index (χ0n) is 15.1. The number of hydrogen-bond donors (Lipinski definition) is 1. The molecule has 0 bridgehead atoms. The predicted molar refractivity (Wildman–Crippen MR) is 103 cm³/mol. The van der Waals surface area contributed by atoms with Crippen molar-refractivity contribution in [2.75, 3.05) is 0 Å². The van der Waals surface area contributed by atoms with Crippen molar-refractivity contribution in [1.29, 1.82) is 0 Å². The van der Waals surface area contributed by atoms with Crippen LogP contribution in [0.4, 0.5) is 0 Å². The minimum Gasteiger partial charge on any atom is -0.481 e. The van der Waals surface area contributed by atoms with Crippen LogP contribution in [-0.4, -0.2) is 25.5 Å². The van der Waals surface area contributed by atoms with E-state index in [1.807, 2.05) is 12.1 Å². The maximum Gasteiger partial charge on any atom is 0.306 e. The summed E-state index contributed by atoms with van der Waals surface area (Å²) in [7, 11) is -2.54. The highest BCUT2D eigenvalue weighted by molar-refractivity contribution is 6.99. The second kappa shape index (κ2) is 6.77. The molecule has 1 aliphatic carbocycles. The summed E-state index contributed by atoms with van der Waals surface area (Å²) in [6.07, 6.45) is 1.24. The molecule has 0 saturated heterocycles. The van der Waals surface area contributed by atoms with Crippen molar-refractivity contribution < 1.29 is 14.3 Å². The standard InChI is InChI=1S/C21H26O3Si/c1-21(2,3)25(18-10-6-4-7-11-18,19-12-8-5-9-13-19)24-17-14-16(15-17)20(22)23/h4-13,16-17H,14-15H2,1-3H3,(H,22,23)/t16-,17-. The molecule has 1 N–H and O–H groups in total. The monoisotopic (exact) mass is 354 g/mol. The first-order chi connectivity index (χ1) is 11.8. The van der Waals surface area contributed by atoms with E-state index in [9.17, 15) is 9.90 Å². The van der Waals surface area contributed by atoms with Crippen molar-refractivity contribution in [3.8, 4) is 0 Å². The minimum atomic E-state index is -2.54. The van der Waals surface area contributed by atoms with Gasteiger partial charge in [0.25, 0.3) is 8.32 Å². The van der Waals surface area contributed by atoms with Gasteiger partial charge < -0.3 is 9.53 Å². The summed E-state index contributed by atoms with van der Waals surface area (Å²) in [5, 5.41) is 11.6. The molecule has 0 unspecified atom stereocenters. The number of hydrogen-bond acceptors (Lipinski definition) is 2. The topological polar surface area (TPSA) is 46.5 Å². The van der Waals surface area contributed by atoms with Gasteiger partial charge in [0.1, 0.15) is 0 Å². The van der Waals surface area contributed by atoms with Crippen molar-refractivity contribution >= 4 is 24.7 Å². The van der Waals surface area contributed by atoms with E-state index in [0.29, 0.717) is 12.8 Å². The van der Waals surface area contributed by atoms with Gasteiger partial charge in [0, 0.05) is 6.10 Å². The number of rotatable bonds is 5. The highest BCUT2D eigenvalue weighted by Gasteiger charge is 2.53. The minimum absolute atomic E-state index is 0.0207. The zero-order chi connectivity index (χ0) is 18.1. The van der Waals surface area contributed by atoms with E-state index in [2.05, 4.69) is 69.3 Å². The molecule has 0 atom stereocenters. The molecule has 0 heterocycles. The van der Waals surface area contributed by atoms with Gasteiger partial charge in [0.2, 0.25) is 0 Å². The fraction of sp³-hybridized carbons (Fsp3) is 0.381. The Morgan fingerprint density at radius 2 is 1.40 bits per heavy atom. The third-order valence-corrected chi connectivity index (χ3v) is 10.3. The first-order valence-electron chi connectivity index (χ1n) is 8.86. The lowest BCUT2D eigenvalue weighted by Crippen LogP contribution is -2.68. The highest BCUT2D eigenvalue weighted by Crippen LogP contribution is 2.41. The Bertz CT molecular complexity index is 676. The fourth-order valence-electron chi connectivity index (χ4n) is 3.80. The van der Waals surface area contributed by atoms with Crippen LogP contribution in [0.15, 0.2) is 60.7 Å². The Morgan fingerprint density at radius 3 is 1.76 bits per heavy atom. The molecule has 4 heteroatoms. The fourth-order valence-corrected chi connectivity index (χ4v) is 8.51. The van der Waals surface area contributed by atoms with Gasteiger partial charge in [-0.05, 0) is 28.3 Å². The van der Waals surface area contributed by atoms with Crippen molar-refractivity contribution in [2.24, 2.45) is 5.92 Å². The van der Waals surface area contributed by atoms with Gasteiger partial charge in [-0.2, -0.15) is 0 Å². The van der Waals surface area contributed by atoms with Gasteiger partial charge in [-0.3, -0.25) is 4.79 Å². The van der Waals surface area contributed by atoms with Crippen LogP contribution >= 0.6 is 0 Å². The van der Waals surface area contributed by atoms with Crippen LogP contribution < -0.4 is 10.4 Å². The zero-order valence-corrected chi connectivity index (χ0v) is 16.1. The maximum absolute atomic E-state index is 11.2. The summed E-state index contributed by atoms with van der Waals surface area (Å²) in [5.41, 5.74) is 0. The van der Waals surface area contributed by atoms with E-state index in [1.54, 1.807) is 0 Å². The summed E-state index contributed by atoms with van der Waals surface area (Å²) >= 11 is 0. The molecule has 1 fully saturated rings. The molecule has 2 aromatic rings. The van der Waals surface area contributed by atoms with Crippen molar-refractivity contribution in [3.05, 3.63) is 60.7 Å². The Morgan fingerprint density at radius 1 is 0.960 bits per heavy atom. The van der Waals surface area contributed by atoms with Crippen molar-refractivity contribution in [2.45, 2.75) is 44.8 Å². The molecule has 0 amide bonds. The number of carboxylic acids is 1. The number of benzene rings is 2. The second-order valence-electron chi connectivity index (χ2n) is 7.91. The lowest BCUT2D eigenvalue weighted by molar-refractivity contribution is -0.148. The molecule has 0 aromatic heterocycles. The van der Waals surface area contributed by atoms with E-state index < -0.39 is 14.3 Å². The molecule has 0 spiro atoms. The lowest BCUT2D eigenvalue weighted by atomic mass is 9.83. The van der Waals surface area contributed by atoms with Crippen LogP contribution in [0.5, 0.6) is 0 Å². The molecule has 0 aliphatic heterocycles. The van der Waals surface area contributed by atoms with Gasteiger partial charge in [-0.1, -0.05) is 81.4 Å². The van der Waals surface area contributed by atoms with Gasteiger partial charge in [0.05, 0.1) is 5.92 Å². The van der Waals surface area contributed by atoms with Crippen LogP contribution in [0.2, 0.25) is 5.04 Å². The van der Waals surface area contributed by atoms with E-state index in [-0.39, 0.29) is 17.1 Å². The highest BCUT2D eigenvalue weighted by atomic mass is 28.4. The average molecular weight is 355 g/mol. The Balaban J connectivity index is 2.05. The van der Waals surface area contributed by atoms with E-state index in [1.165, 1.54) is 10.4 Å². The van der Waals surface area contributed by atoms with Crippen LogP contribution in [0.25, 0.3) is 0 Å². The number of carbonyl (C=O) groups is 1. The molecule has 3 nitrogen and oxygen atoms in total. The summed E-state index contributed by atoms with van der Waals surface area (Å²) in [6, 6.07) is 21.0. The maximum atomic E-state index is 11.2. The molecule has 1 saturated carbocycles. The lowest BCUT2D eigenvalue weighted by Gasteiger charge is -2.48. The Kier molecular flexibility index (Phi) is 4.85. The largest absolute Gasteiger partial charge is 0.481 e. The summed E-state index contributed by atoms with van der Waals surface area (Å²) in [5.74, 6) is -0.967. The van der Waals surface area contributed by atoms with E-state index in [0.717, 1.165) is 0 Å². The van der Waals surface area contributed by atoms with Crippen molar-refractivity contribution in [1.82, 2.24) is 0 Å². The summed E-state index contributed by atoms with van der Waals surface area (Å²) in [6.45, 7) is 6.73. The van der Waals surface area contributed by atoms with E-state index >= 15 is 0 Å². The van der Waals surface area contributed by atoms with Gasteiger partial charge >= 0.3 is 5.97 Å². The van der Waals surface area contributed by atoms with Gasteiger partial charge in [0.15, 0.2) is 0 Å². The van der Waals surface area contributed by atoms with Crippen LogP contribution in [0.3, 0.4) is 0 Å². The first-order valence-corrected chi connectivity index (χ1v) is 10.8. The smallest absolute Gasteiger partial charge is 0.306 e. The molecule has 132 valence electrons. The van der Waals surface area contributed by atoms with Crippen molar-refractivity contribution in [3.63, 3.8) is 0 Å². The van der Waals surface area contributed by atoms with Gasteiger partial charge in [-0.25, -0.2) is 0 Å². The average Bonchev–Trinajstić information content (AvgIpc) is 2.54. The molecular formula is C21H26O3Si. The Hall–Kier alpha value is -1.91. The summed E-state index contributed by atoms with van der Waals surface area (Å²) in [4.78, 5) is 11.2. The Labute approximate surface area is 150 Å². The van der Waals surface area contributed by atoms with Gasteiger partial charge in [-0.15, -0.1) is 0 Å². The van der Waals surface area contributed by atoms with E-state index in [4.69, 9.17) is 4.43 Å². The quantitative estimate of drug-likeness (QED) is 0.837. The molecule has 2 aromatic carbocycles. The molecule has 1 aliphatic rings. The molecule has 0 radical (unpaired) electrons. The van der Waals surface area contributed by atoms with Crippen LogP contribution in [0, 0.1) is 5.92 Å².